The Labute approximate surface area is 206 Å². The van der Waals surface area contributed by atoms with E-state index in [1.807, 2.05) is 39.0 Å². The van der Waals surface area contributed by atoms with E-state index in [9.17, 15) is 9.59 Å². The normalized spacial score (nSPS) is 17.8. The Bertz CT molecular complexity index is 1240. The van der Waals surface area contributed by atoms with Crippen LogP contribution in [0.25, 0.3) is 11.1 Å². The lowest BCUT2D eigenvalue weighted by molar-refractivity contribution is 0.0397. The Morgan fingerprint density at radius 3 is 2.09 bits per heavy atom. The molecule has 4 rings (SSSR count). The zero-order valence-electron chi connectivity index (χ0n) is 20.9. The number of carbonyl (C=O) groups excluding carboxylic acids is 2. The van der Waals surface area contributed by atoms with Crippen molar-refractivity contribution in [2.45, 2.75) is 58.0 Å². The van der Waals surface area contributed by atoms with Gasteiger partial charge in [0, 0.05) is 11.0 Å². The number of benzene rings is 3. The fraction of sp³-hybridized carbons (Fsp3) is 0.333. The summed E-state index contributed by atoms with van der Waals surface area (Å²) in [6.07, 6.45) is -0.505. The van der Waals surface area contributed by atoms with Gasteiger partial charge in [0.1, 0.15) is 11.9 Å². The number of halogens is 1. The predicted octanol–water partition coefficient (Wildman–Crippen LogP) is 7.05. The average Bonchev–Trinajstić information content (AvgIpc) is 2.83. The van der Waals surface area contributed by atoms with Crippen molar-refractivity contribution in [3.05, 3.63) is 89.0 Å². The number of esters is 2. The van der Waals surface area contributed by atoms with Crippen molar-refractivity contribution in [2.75, 3.05) is 6.61 Å². The first-order chi connectivity index (χ1) is 16.5. The summed E-state index contributed by atoms with van der Waals surface area (Å²) in [7, 11) is 0. The van der Waals surface area contributed by atoms with Crippen LogP contribution in [-0.4, -0.2) is 24.7 Å². The molecule has 3 aromatic carbocycles. The lowest BCUT2D eigenvalue weighted by Gasteiger charge is -2.44. The van der Waals surface area contributed by atoms with E-state index in [4.69, 9.17) is 9.47 Å². The molecule has 4 nitrogen and oxygen atoms in total. The summed E-state index contributed by atoms with van der Waals surface area (Å²) < 4.78 is 26.1. The second-order valence-corrected chi connectivity index (χ2v) is 10.2. The van der Waals surface area contributed by atoms with Gasteiger partial charge < -0.3 is 9.47 Å². The Morgan fingerprint density at radius 1 is 0.886 bits per heavy atom. The van der Waals surface area contributed by atoms with E-state index in [1.54, 1.807) is 42.5 Å². The lowest BCUT2D eigenvalue weighted by Crippen LogP contribution is -2.43. The van der Waals surface area contributed by atoms with Crippen molar-refractivity contribution in [3.63, 3.8) is 0 Å². The summed E-state index contributed by atoms with van der Waals surface area (Å²) in [5.41, 5.74) is 3.45. The summed E-state index contributed by atoms with van der Waals surface area (Å²) in [5.74, 6) is -0.722. The molecular formula is C30H31FO4. The highest BCUT2D eigenvalue weighted by Crippen LogP contribution is 2.50. The number of carbonyl (C=O) groups is 2. The molecule has 182 valence electrons. The van der Waals surface area contributed by atoms with Crippen LogP contribution in [0.5, 0.6) is 5.75 Å². The number of ether oxygens (including phenoxy) is 2. The minimum atomic E-state index is -0.950. The third-order valence-electron chi connectivity index (χ3n) is 6.94. The summed E-state index contributed by atoms with van der Waals surface area (Å²) in [5, 5.41) is 0. The molecule has 0 saturated carbocycles. The number of hydrogen-bond donors (Lipinski definition) is 0. The van der Waals surface area contributed by atoms with Gasteiger partial charge in [-0.15, -0.1) is 0 Å². The van der Waals surface area contributed by atoms with Crippen LogP contribution < -0.4 is 4.74 Å². The maximum absolute atomic E-state index is 15.1. The highest BCUT2D eigenvalue weighted by Gasteiger charge is 2.45. The Morgan fingerprint density at radius 2 is 1.49 bits per heavy atom. The monoisotopic (exact) mass is 474 g/mol. The van der Waals surface area contributed by atoms with Gasteiger partial charge in [0.25, 0.3) is 0 Å². The maximum Gasteiger partial charge on any atom is 0.346 e. The van der Waals surface area contributed by atoms with Crippen molar-refractivity contribution in [1.82, 2.24) is 0 Å². The number of fused-ring (bicyclic) bond motifs is 1. The van der Waals surface area contributed by atoms with Gasteiger partial charge in [0.05, 0.1) is 17.7 Å². The molecule has 35 heavy (non-hydrogen) atoms. The molecule has 0 radical (unpaired) electrons. The zero-order chi connectivity index (χ0) is 25.4. The number of hydrogen-bond acceptors (Lipinski definition) is 4. The third-order valence-corrected chi connectivity index (χ3v) is 6.94. The second-order valence-electron chi connectivity index (χ2n) is 10.2. The first-order valence-electron chi connectivity index (χ1n) is 11.9. The first kappa shape index (κ1) is 24.6. The van der Waals surface area contributed by atoms with Gasteiger partial charge in [0.15, 0.2) is 0 Å². The predicted molar refractivity (Wildman–Crippen MR) is 135 cm³/mol. The van der Waals surface area contributed by atoms with Crippen LogP contribution in [0.4, 0.5) is 4.39 Å². The summed E-state index contributed by atoms with van der Waals surface area (Å²) in [6.45, 7) is 10.4. The molecule has 1 atom stereocenters. The molecule has 0 saturated heterocycles. The molecule has 1 aliphatic carbocycles. The Hall–Kier alpha value is -3.47. The van der Waals surface area contributed by atoms with Gasteiger partial charge in [-0.05, 0) is 71.8 Å². The molecule has 1 aliphatic rings. The molecule has 0 aliphatic heterocycles. The second kappa shape index (κ2) is 9.29. The molecular weight excluding hydrogens is 443 g/mol. The Balaban J connectivity index is 1.67. The summed E-state index contributed by atoms with van der Waals surface area (Å²) in [4.78, 5) is 24.7. The SMILES string of the molecule is CCOc1cc2c(cc1-c1ccc(C(=O)OC(=O)c3ccccc3)cc1)C(C)(C)CC(F)C2(C)C. The molecule has 0 amide bonds. The Kier molecular flexibility index (Phi) is 6.54. The maximum atomic E-state index is 15.1. The molecule has 3 aromatic rings. The highest BCUT2D eigenvalue weighted by molar-refractivity contribution is 6.02. The molecule has 0 fully saturated rings. The van der Waals surface area contributed by atoms with E-state index in [1.165, 1.54) is 0 Å². The van der Waals surface area contributed by atoms with Crippen LogP contribution in [0.15, 0.2) is 66.7 Å². The topological polar surface area (TPSA) is 52.6 Å². The smallest absolute Gasteiger partial charge is 0.346 e. The molecule has 0 N–H and O–H groups in total. The van der Waals surface area contributed by atoms with Crippen molar-refractivity contribution in [1.29, 1.82) is 0 Å². The van der Waals surface area contributed by atoms with E-state index >= 15 is 4.39 Å². The van der Waals surface area contributed by atoms with Gasteiger partial charge in [0.2, 0.25) is 0 Å². The van der Waals surface area contributed by atoms with Crippen molar-refractivity contribution < 1.29 is 23.5 Å². The van der Waals surface area contributed by atoms with Crippen molar-refractivity contribution >= 4 is 11.9 Å². The average molecular weight is 475 g/mol. The standard InChI is InChI=1S/C30H31FO4/c1-6-34-25-17-24-23(29(2,3)18-26(31)30(24,4)5)16-22(25)19-12-14-21(15-13-19)28(33)35-27(32)20-10-8-7-9-11-20/h7-17,26H,6,18H2,1-5H3. The molecule has 0 spiro atoms. The van der Waals surface area contributed by atoms with Gasteiger partial charge in [-0.1, -0.05) is 58.0 Å². The van der Waals surface area contributed by atoms with E-state index in [0.717, 1.165) is 22.3 Å². The van der Waals surface area contributed by atoms with Gasteiger partial charge in [-0.2, -0.15) is 0 Å². The van der Waals surface area contributed by atoms with E-state index < -0.39 is 23.5 Å². The molecule has 5 heteroatoms. The van der Waals surface area contributed by atoms with Gasteiger partial charge in [-0.25, -0.2) is 14.0 Å². The van der Waals surface area contributed by atoms with Gasteiger partial charge >= 0.3 is 11.9 Å². The fourth-order valence-corrected chi connectivity index (χ4v) is 4.72. The summed E-state index contributed by atoms with van der Waals surface area (Å²) >= 11 is 0. The minimum Gasteiger partial charge on any atom is -0.493 e. The molecule has 1 unspecified atom stereocenters. The third kappa shape index (κ3) is 4.72. The first-order valence-corrected chi connectivity index (χ1v) is 11.9. The summed E-state index contributed by atoms with van der Waals surface area (Å²) in [6, 6.07) is 19.4. The molecule has 0 aromatic heterocycles. The van der Waals surface area contributed by atoms with Crippen LogP contribution in [0.3, 0.4) is 0 Å². The number of alkyl halides is 1. The highest BCUT2D eigenvalue weighted by atomic mass is 19.1. The van der Waals surface area contributed by atoms with Gasteiger partial charge in [-0.3, -0.25) is 0 Å². The lowest BCUT2D eigenvalue weighted by atomic mass is 9.61. The van der Waals surface area contributed by atoms with E-state index in [0.29, 0.717) is 24.3 Å². The molecule has 0 bridgehead atoms. The zero-order valence-corrected chi connectivity index (χ0v) is 20.9. The van der Waals surface area contributed by atoms with E-state index in [-0.39, 0.29) is 11.0 Å². The van der Waals surface area contributed by atoms with Crippen molar-refractivity contribution in [2.24, 2.45) is 0 Å². The minimum absolute atomic E-state index is 0.274. The largest absolute Gasteiger partial charge is 0.493 e. The van der Waals surface area contributed by atoms with Crippen LogP contribution >= 0.6 is 0 Å². The van der Waals surface area contributed by atoms with Crippen LogP contribution in [0.2, 0.25) is 0 Å². The van der Waals surface area contributed by atoms with Crippen molar-refractivity contribution in [3.8, 4) is 16.9 Å². The number of rotatable bonds is 5. The van der Waals surface area contributed by atoms with Crippen LogP contribution in [0, 0.1) is 0 Å². The fourth-order valence-electron chi connectivity index (χ4n) is 4.72. The van der Waals surface area contributed by atoms with Crippen LogP contribution in [-0.2, 0) is 15.6 Å². The van der Waals surface area contributed by atoms with E-state index in [2.05, 4.69) is 19.9 Å². The van der Waals surface area contributed by atoms with Crippen LogP contribution in [0.1, 0.15) is 72.9 Å². The quantitative estimate of drug-likeness (QED) is 0.294. The molecule has 0 heterocycles.